The van der Waals surface area contributed by atoms with Gasteiger partial charge in [-0.05, 0) is 34.9 Å². The van der Waals surface area contributed by atoms with Gasteiger partial charge in [0.25, 0.3) is 5.60 Å². The molecule has 37 heavy (non-hydrogen) atoms. The zero-order valence-electron chi connectivity index (χ0n) is 18.8. The van der Waals surface area contributed by atoms with Crippen LogP contribution in [0.3, 0.4) is 0 Å². The fraction of sp³-hybridized carbons (Fsp3) is 0.391. The average molecular weight is 581 g/mol. The highest BCUT2D eigenvalue weighted by atomic mass is 35.5. The molecule has 0 saturated carbocycles. The number of benzene rings is 2. The molecule has 5 rings (SSSR count). The number of halogens is 6. The Morgan fingerprint density at radius 1 is 1.14 bits per heavy atom. The predicted molar refractivity (Wildman–Crippen MR) is 126 cm³/mol. The second-order valence-corrected chi connectivity index (χ2v) is 11.0. The number of likely N-dealkylation sites (tertiary alicyclic amines) is 1. The van der Waals surface area contributed by atoms with Crippen LogP contribution in [0.2, 0.25) is 10.0 Å². The second kappa shape index (κ2) is 9.11. The number of carbonyl (C=O) groups is 1. The molecule has 1 saturated heterocycles. The SMILES string of the molecule is O=C(CC[SH](=O)=O)N1CC2(C1)OCc1cc(C3=NO[C@](c4cc(Cl)c(F)c(Cl)c4)(C(F)(F)F)C3)ccc12. The molecule has 2 aromatic rings. The molecule has 1 spiro atoms. The number of ether oxygens (including phenoxy) is 1. The van der Waals surface area contributed by atoms with E-state index in [2.05, 4.69) is 5.16 Å². The van der Waals surface area contributed by atoms with Crippen LogP contribution < -0.4 is 0 Å². The van der Waals surface area contributed by atoms with Crippen LogP contribution in [0.1, 0.15) is 35.1 Å². The van der Waals surface area contributed by atoms with E-state index in [1.807, 2.05) is 0 Å². The molecule has 198 valence electrons. The van der Waals surface area contributed by atoms with Crippen molar-refractivity contribution in [2.24, 2.45) is 5.16 Å². The summed E-state index contributed by atoms with van der Waals surface area (Å²) in [6.07, 6.45) is -5.72. The highest BCUT2D eigenvalue weighted by Crippen LogP contribution is 2.50. The van der Waals surface area contributed by atoms with Crippen LogP contribution in [0.4, 0.5) is 17.6 Å². The summed E-state index contributed by atoms with van der Waals surface area (Å²) >= 11 is 11.5. The minimum absolute atomic E-state index is 0.0229. The third-order valence-electron chi connectivity index (χ3n) is 6.82. The maximum absolute atomic E-state index is 14.3. The van der Waals surface area contributed by atoms with Crippen LogP contribution in [0, 0.1) is 5.82 Å². The number of oxime groups is 1. The Morgan fingerprint density at radius 3 is 2.43 bits per heavy atom. The average Bonchev–Trinajstić information content (AvgIpc) is 3.42. The molecule has 0 aromatic heterocycles. The Balaban J connectivity index is 1.36. The van der Waals surface area contributed by atoms with Crippen LogP contribution in [-0.4, -0.2) is 50.0 Å². The highest BCUT2D eigenvalue weighted by molar-refractivity contribution is 7.72. The number of alkyl halides is 3. The lowest BCUT2D eigenvalue weighted by Crippen LogP contribution is -2.61. The number of thiol groups is 1. The predicted octanol–water partition coefficient (Wildman–Crippen LogP) is 4.28. The number of hydrogen-bond donors (Lipinski definition) is 1. The third kappa shape index (κ3) is 4.37. The zero-order valence-corrected chi connectivity index (χ0v) is 21.2. The highest BCUT2D eigenvalue weighted by Gasteiger charge is 2.62. The molecule has 3 heterocycles. The maximum Gasteiger partial charge on any atom is 0.435 e. The van der Waals surface area contributed by atoms with Crippen LogP contribution >= 0.6 is 23.2 Å². The molecule has 0 bridgehead atoms. The molecule has 0 N–H and O–H groups in total. The van der Waals surface area contributed by atoms with Crippen molar-refractivity contribution >= 4 is 45.5 Å². The van der Waals surface area contributed by atoms with Gasteiger partial charge in [0.15, 0.2) is 5.82 Å². The van der Waals surface area contributed by atoms with E-state index < -0.39 is 55.9 Å². The fourth-order valence-electron chi connectivity index (χ4n) is 4.83. The van der Waals surface area contributed by atoms with E-state index in [-0.39, 0.29) is 43.5 Å². The van der Waals surface area contributed by atoms with E-state index in [9.17, 15) is 30.8 Å². The minimum Gasteiger partial charge on any atom is -0.374 e. The Hall–Kier alpha value is -2.41. The van der Waals surface area contributed by atoms with Crippen LogP contribution in [0.25, 0.3) is 0 Å². The summed E-state index contributed by atoms with van der Waals surface area (Å²) in [6, 6.07) is 6.63. The van der Waals surface area contributed by atoms with Crippen LogP contribution in [0.15, 0.2) is 35.5 Å². The molecule has 0 radical (unpaired) electrons. The molecule has 7 nitrogen and oxygen atoms in total. The van der Waals surface area contributed by atoms with Crippen LogP contribution in [0.5, 0.6) is 0 Å². The first-order valence-corrected chi connectivity index (χ1v) is 13.1. The first-order chi connectivity index (χ1) is 17.3. The molecule has 0 aliphatic carbocycles. The largest absolute Gasteiger partial charge is 0.435 e. The Bertz CT molecular complexity index is 1380. The first-order valence-electron chi connectivity index (χ1n) is 11.0. The summed E-state index contributed by atoms with van der Waals surface area (Å²) in [5.41, 5.74) is -2.18. The Kier molecular flexibility index (Phi) is 6.45. The number of nitrogens with zero attached hydrogens (tertiary/aromatic N) is 2. The summed E-state index contributed by atoms with van der Waals surface area (Å²) in [7, 11) is -2.64. The number of carbonyl (C=O) groups excluding carboxylic acids is 1. The monoisotopic (exact) mass is 580 g/mol. The molecule has 1 atom stereocenters. The van der Waals surface area contributed by atoms with Gasteiger partial charge < -0.3 is 14.5 Å². The van der Waals surface area contributed by atoms with E-state index in [0.29, 0.717) is 5.56 Å². The van der Waals surface area contributed by atoms with Crippen molar-refractivity contribution in [3.63, 3.8) is 0 Å². The molecular weight excluding hydrogens is 563 g/mol. The van der Waals surface area contributed by atoms with Gasteiger partial charge in [0.1, 0.15) is 16.3 Å². The van der Waals surface area contributed by atoms with Crippen molar-refractivity contribution in [2.45, 2.75) is 36.8 Å². The van der Waals surface area contributed by atoms with Crippen molar-refractivity contribution in [1.29, 1.82) is 0 Å². The van der Waals surface area contributed by atoms with Crippen molar-refractivity contribution < 1.29 is 40.3 Å². The van der Waals surface area contributed by atoms with Crippen LogP contribution in [-0.2, 0) is 42.9 Å². The lowest BCUT2D eigenvalue weighted by molar-refractivity contribution is -0.275. The van der Waals surface area contributed by atoms with E-state index >= 15 is 0 Å². The van der Waals surface area contributed by atoms with Gasteiger partial charge in [-0.25, -0.2) is 12.8 Å². The lowest BCUT2D eigenvalue weighted by atomic mass is 9.83. The molecule has 3 aliphatic heterocycles. The normalized spacial score (nSPS) is 22.1. The molecule has 14 heteroatoms. The van der Waals surface area contributed by atoms with Gasteiger partial charge in [0.2, 0.25) is 5.91 Å². The van der Waals surface area contributed by atoms with Gasteiger partial charge in [-0.3, -0.25) is 4.79 Å². The third-order valence-corrected chi connectivity index (χ3v) is 7.96. The fourth-order valence-corrected chi connectivity index (χ4v) is 5.69. The summed E-state index contributed by atoms with van der Waals surface area (Å²) in [4.78, 5) is 18.7. The van der Waals surface area contributed by atoms with Gasteiger partial charge in [0, 0.05) is 18.4 Å². The summed E-state index contributed by atoms with van der Waals surface area (Å²) < 4.78 is 84.1. The van der Waals surface area contributed by atoms with Crippen molar-refractivity contribution in [1.82, 2.24) is 4.90 Å². The summed E-state index contributed by atoms with van der Waals surface area (Å²) in [5, 5.41) is 2.58. The van der Waals surface area contributed by atoms with E-state index in [1.54, 1.807) is 18.2 Å². The molecule has 1 amide bonds. The quantitative estimate of drug-likeness (QED) is 0.324. The zero-order chi connectivity index (χ0) is 26.8. The summed E-state index contributed by atoms with van der Waals surface area (Å²) in [6.45, 7) is 0.682. The molecule has 0 unspecified atom stereocenters. The number of hydrogen-bond acceptors (Lipinski definition) is 6. The Morgan fingerprint density at radius 2 is 1.81 bits per heavy atom. The van der Waals surface area contributed by atoms with Gasteiger partial charge in [-0.15, -0.1) is 0 Å². The van der Waals surface area contributed by atoms with Crippen molar-refractivity contribution in [2.75, 3.05) is 18.8 Å². The lowest BCUT2D eigenvalue weighted by Gasteiger charge is -2.47. The number of fused-ring (bicyclic) bond motifs is 2. The molecular formula is C23H18Cl2F4N2O5S. The first kappa shape index (κ1) is 26.2. The number of rotatable bonds is 5. The van der Waals surface area contributed by atoms with Gasteiger partial charge >= 0.3 is 6.18 Å². The second-order valence-electron chi connectivity index (χ2n) is 9.10. The Labute approximate surface area is 219 Å². The standard InChI is InChI=1S/C23H18Cl2F4N2O5S/c24-16-6-14(7-17(25)20(16)26)22(23(27,28)29)8-18(30-36-22)12-1-2-15-13(5-12)9-35-21(15)10-31(11-21)19(32)3-4-37(33)34/h1-2,5-7,37H,3-4,8-11H2/t22-/m1/s1. The molecule has 2 aromatic carbocycles. The molecule has 1 fully saturated rings. The van der Waals surface area contributed by atoms with Gasteiger partial charge in [-0.1, -0.05) is 40.5 Å². The van der Waals surface area contributed by atoms with Crippen molar-refractivity contribution in [3.8, 4) is 0 Å². The smallest absolute Gasteiger partial charge is 0.374 e. The maximum atomic E-state index is 14.3. The van der Waals surface area contributed by atoms with E-state index in [4.69, 9.17) is 32.8 Å². The van der Waals surface area contributed by atoms with Gasteiger partial charge in [0.05, 0.1) is 41.2 Å². The number of amides is 1. The van der Waals surface area contributed by atoms with Gasteiger partial charge in [-0.2, -0.15) is 13.2 Å². The van der Waals surface area contributed by atoms with E-state index in [1.165, 1.54) is 4.90 Å². The minimum atomic E-state index is -4.92. The van der Waals surface area contributed by atoms with E-state index in [0.717, 1.165) is 23.3 Å². The summed E-state index contributed by atoms with van der Waals surface area (Å²) in [5.74, 6) is -1.55. The topological polar surface area (TPSA) is 85.3 Å². The molecule has 3 aliphatic rings. The van der Waals surface area contributed by atoms with Crippen molar-refractivity contribution in [3.05, 3.63) is 68.4 Å².